The Morgan fingerprint density at radius 3 is 2.28 bits per heavy atom. The number of amides is 1. The molecule has 0 spiro atoms. The topological polar surface area (TPSA) is 57.6 Å². The number of Topliss-reactive ketones (excluding diaryl/α,β-unsaturated/α-hetero) is 1. The second-order valence-corrected chi connectivity index (χ2v) is 7.00. The first kappa shape index (κ1) is 18.9. The molecule has 0 saturated carbocycles. The molecule has 144 valence electrons. The smallest absolute Gasteiger partial charge is 0.300 e. The number of halogens is 2. The molecule has 0 radical (unpaired) electrons. The molecule has 0 aliphatic carbocycles. The number of para-hydroxylation sites is 1. The van der Waals surface area contributed by atoms with Crippen LogP contribution in [0.2, 0.25) is 5.02 Å². The van der Waals surface area contributed by atoms with Gasteiger partial charge in [0.2, 0.25) is 0 Å². The fraction of sp³-hybridized carbons (Fsp3) is 0.0435. The van der Waals surface area contributed by atoms with Crippen molar-refractivity contribution >= 4 is 34.7 Å². The molecule has 3 aromatic rings. The van der Waals surface area contributed by atoms with E-state index >= 15 is 0 Å². The van der Waals surface area contributed by atoms with Gasteiger partial charge in [-0.15, -0.1) is 0 Å². The van der Waals surface area contributed by atoms with Crippen LogP contribution in [-0.4, -0.2) is 16.8 Å². The summed E-state index contributed by atoms with van der Waals surface area (Å²) in [7, 11) is 0. The Morgan fingerprint density at radius 2 is 1.62 bits per heavy atom. The van der Waals surface area contributed by atoms with Crippen LogP contribution in [0.25, 0.3) is 5.76 Å². The number of aliphatic hydroxyl groups is 1. The van der Waals surface area contributed by atoms with E-state index in [1.54, 1.807) is 60.7 Å². The summed E-state index contributed by atoms with van der Waals surface area (Å²) in [5.41, 5.74) is 1.08. The van der Waals surface area contributed by atoms with Crippen molar-refractivity contribution in [3.8, 4) is 0 Å². The van der Waals surface area contributed by atoms with Gasteiger partial charge in [0.05, 0.1) is 11.6 Å². The van der Waals surface area contributed by atoms with E-state index in [1.165, 1.54) is 23.1 Å². The van der Waals surface area contributed by atoms with Gasteiger partial charge in [0.15, 0.2) is 0 Å². The quantitative estimate of drug-likeness (QED) is 0.373. The van der Waals surface area contributed by atoms with Gasteiger partial charge >= 0.3 is 0 Å². The van der Waals surface area contributed by atoms with Gasteiger partial charge in [0.1, 0.15) is 11.6 Å². The molecule has 0 unspecified atom stereocenters. The summed E-state index contributed by atoms with van der Waals surface area (Å²) in [5, 5.41) is 11.4. The van der Waals surface area contributed by atoms with Crippen LogP contribution in [0.1, 0.15) is 17.2 Å². The van der Waals surface area contributed by atoms with Crippen molar-refractivity contribution in [2.45, 2.75) is 6.04 Å². The highest BCUT2D eigenvalue weighted by Gasteiger charge is 2.47. The van der Waals surface area contributed by atoms with Crippen molar-refractivity contribution in [1.29, 1.82) is 0 Å². The van der Waals surface area contributed by atoms with Crippen molar-refractivity contribution in [3.05, 3.63) is 106 Å². The molecule has 1 fully saturated rings. The van der Waals surface area contributed by atoms with Crippen LogP contribution in [0.15, 0.2) is 84.4 Å². The van der Waals surface area contributed by atoms with Crippen molar-refractivity contribution in [1.82, 2.24) is 0 Å². The Hall–Kier alpha value is -3.44. The monoisotopic (exact) mass is 407 g/mol. The molecule has 4 rings (SSSR count). The number of ketones is 1. The minimum absolute atomic E-state index is 0.105. The maximum absolute atomic E-state index is 14.0. The summed E-state index contributed by atoms with van der Waals surface area (Å²) in [6.07, 6.45) is 0. The zero-order chi connectivity index (χ0) is 20.5. The summed E-state index contributed by atoms with van der Waals surface area (Å²) < 4.78 is 14.0. The van der Waals surface area contributed by atoms with Crippen LogP contribution >= 0.6 is 11.6 Å². The van der Waals surface area contributed by atoms with Gasteiger partial charge in [0.25, 0.3) is 11.7 Å². The zero-order valence-electron chi connectivity index (χ0n) is 15.0. The molecule has 1 aliphatic heterocycles. The third-order valence-corrected chi connectivity index (χ3v) is 5.01. The molecule has 29 heavy (non-hydrogen) atoms. The molecular formula is C23H15ClFNO3. The minimum Gasteiger partial charge on any atom is -0.507 e. The summed E-state index contributed by atoms with van der Waals surface area (Å²) >= 11 is 5.90. The predicted octanol–water partition coefficient (Wildman–Crippen LogP) is 5.11. The number of carbonyl (C=O) groups is 2. The summed E-state index contributed by atoms with van der Waals surface area (Å²) in [6, 6.07) is 19.5. The lowest BCUT2D eigenvalue weighted by Crippen LogP contribution is -2.29. The van der Waals surface area contributed by atoms with Gasteiger partial charge < -0.3 is 5.11 Å². The molecule has 1 atom stereocenters. The van der Waals surface area contributed by atoms with Crippen LogP contribution in [0.5, 0.6) is 0 Å². The minimum atomic E-state index is -0.969. The molecule has 3 aromatic carbocycles. The van der Waals surface area contributed by atoms with E-state index in [4.69, 9.17) is 11.6 Å². The van der Waals surface area contributed by atoms with Gasteiger partial charge in [-0.3, -0.25) is 14.5 Å². The number of nitrogens with zero attached hydrogens (tertiary/aromatic N) is 1. The molecule has 6 heteroatoms. The third kappa shape index (κ3) is 3.41. The number of rotatable bonds is 3. The van der Waals surface area contributed by atoms with E-state index in [0.717, 1.165) is 0 Å². The van der Waals surface area contributed by atoms with Crippen LogP contribution in [0.3, 0.4) is 0 Å². The third-order valence-electron chi connectivity index (χ3n) is 4.76. The molecule has 1 heterocycles. The number of carbonyl (C=O) groups excluding carboxylic acids is 2. The average molecular weight is 408 g/mol. The van der Waals surface area contributed by atoms with Crippen molar-refractivity contribution in [2.75, 3.05) is 4.90 Å². The van der Waals surface area contributed by atoms with Gasteiger partial charge in [-0.2, -0.15) is 0 Å². The Morgan fingerprint density at radius 1 is 0.931 bits per heavy atom. The first-order valence-electron chi connectivity index (χ1n) is 8.85. The van der Waals surface area contributed by atoms with E-state index in [2.05, 4.69) is 0 Å². The first-order valence-corrected chi connectivity index (χ1v) is 9.22. The molecule has 1 N–H and O–H groups in total. The summed E-state index contributed by atoms with van der Waals surface area (Å²) in [6.45, 7) is 0. The van der Waals surface area contributed by atoms with Crippen LogP contribution in [-0.2, 0) is 9.59 Å². The Balaban J connectivity index is 1.95. The van der Waals surface area contributed by atoms with Crippen LogP contribution in [0.4, 0.5) is 10.1 Å². The number of benzene rings is 3. The standard InChI is InChI=1S/C23H15ClFNO3/c24-16-11-9-14(10-12-16)21(27)19-20(15-5-4-6-17(25)13-15)26(23(29)22(19)28)18-7-2-1-3-8-18/h1-13,20,27H/t20-/m1/s1. The van der Waals surface area contributed by atoms with Gasteiger partial charge in [-0.1, -0.05) is 41.9 Å². The maximum atomic E-state index is 14.0. The number of aliphatic hydroxyl groups excluding tert-OH is 1. The molecule has 1 aliphatic rings. The lowest BCUT2D eigenvalue weighted by atomic mass is 9.95. The van der Waals surface area contributed by atoms with Gasteiger partial charge in [0, 0.05) is 16.3 Å². The Kier molecular flexibility index (Phi) is 4.91. The van der Waals surface area contributed by atoms with Crippen molar-refractivity contribution in [3.63, 3.8) is 0 Å². The van der Waals surface area contributed by atoms with Crippen LogP contribution in [0, 0.1) is 5.82 Å². The molecule has 1 amide bonds. The van der Waals surface area contributed by atoms with Gasteiger partial charge in [-0.25, -0.2) is 4.39 Å². The van der Waals surface area contributed by atoms with Crippen molar-refractivity contribution < 1.29 is 19.1 Å². The number of anilines is 1. The Labute approximate surface area is 171 Å². The Bertz CT molecular complexity index is 1130. The second-order valence-electron chi connectivity index (χ2n) is 6.57. The maximum Gasteiger partial charge on any atom is 0.300 e. The number of hydrogen-bond acceptors (Lipinski definition) is 3. The normalized spacial score (nSPS) is 18.3. The highest BCUT2D eigenvalue weighted by molar-refractivity contribution is 6.51. The SMILES string of the molecule is O=C1C(=O)N(c2ccccc2)[C@H](c2cccc(F)c2)C1=C(O)c1ccc(Cl)cc1. The molecule has 0 aromatic heterocycles. The van der Waals surface area contributed by atoms with E-state index in [1.807, 2.05) is 0 Å². The van der Waals surface area contributed by atoms with Crippen LogP contribution < -0.4 is 4.90 Å². The van der Waals surface area contributed by atoms with E-state index in [0.29, 0.717) is 21.8 Å². The van der Waals surface area contributed by atoms with Gasteiger partial charge in [-0.05, 0) is 54.1 Å². The fourth-order valence-electron chi connectivity index (χ4n) is 3.44. The largest absolute Gasteiger partial charge is 0.507 e. The summed E-state index contributed by atoms with van der Waals surface area (Å²) in [5.74, 6) is -2.48. The zero-order valence-corrected chi connectivity index (χ0v) is 15.8. The summed E-state index contributed by atoms with van der Waals surface area (Å²) in [4.78, 5) is 27.1. The van der Waals surface area contributed by atoms with E-state index in [9.17, 15) is 19.1 Å². The highest BCUT2D eigenvalue weighted by Crippen LogP contribution is 2.42. The number of hydrogen-bond donors (Lipinski definition) is 1. The molecule has 4 nitrogen and oxygen atoms in total. The highest BCUT2D eigenvalue weighted by atomic mass is 35.5. The molecular weight excluding hydrogens is 393 g/mol. The van der Waals surface area contributed by atoms with E-state index in [-0.39, 0.29) is 11.3 Å². The predicted molar refractivity (Wildman–Crippen MR) is 109 cm³/mol. The fourth-order valence-corrected chi connectivity index (χ4v) is 3.57. The first-order chi connectivity index (χ1) is 14.0. The lowest BCUT2D eigenvalue weighted by Gasteiger charge is -2.25. The second kappa shape index (κ2) is 7.53. The van der Waals surface area contributed by atoms with Crippen molar-refractivity contribution in [2.24, 2.45) is 0 Å². The average Bonchev–Trinajstić information content (AvgIpc) is 2.99. The lowest BCUT2D eigenvalue weighted by molar-refractivity contribution is -0.132. The molecule has 1 saturated heterocycles. The van der Waals surface area contributed by atoms with E-state index < -0.39 is 23.5 Å². The molecule has 0 bridgehead atoms.